The number of benzene rings is 1. The maximum Gasteiger partial charge on any atom is 0.326 e. The minimum absolute atomic E-state index is 0.00706. The van der Waals surface area contributed by atoms with Crippen molar-refractivity contribution in [3.8, 4) is 0 Å². The van der Waals surface area contributed by atoms with Crippen molar-refractivity contribution in [3.05, 3.63) is 35.9 Å². The van der Waals surface area contributed by atoms with Gasteiger partial charge in [-0.05, 0) is 17.9 Å². The fourth-order valence-corrected chi connectivity index (χ4v) is 3.24. The predicted octanol–water partition coefficient (Wildman–Crippen LogP) is -1.05. The molecule has 4 amide bonds. The van der Waals surface area contributed by atoms with Gasteiger partial charge in [0.2, 0.25) is 23.6 Å². The molecular formula is C22H33N5O6S. The average molecular weight is 496 g/mol. The van der Waals surface area contributed by atoms with Crippen molar-refractivity contribution in [2.45, 2.75) is 57.3 Å². The van der Waals surface area contributed by atoms with Crippen LogP contribution in [-0.2, 0) is 30.4 Å². The number of nitrogens with one attached hydrogen (secondary N) is 3. The molecule has 188 valence electrons. The lowest BCUT2D eigenvalue weighted by Gasteiger charge is -2.25. The van der Waals surface area contributed by atoms with Crippen LogP contribution in [0.25, 0.3) is 0 Å². The lowest BCUT2D eigenvalue weighted by molar-refractivity contribution is -0.142. The topological polar surface area (TPSA) is 194 Å². The molecule has 0 radical (unpaired) electrons. The van der Waals surface area contributed by atoms with Crippen LogP contribution in [0.3, 0.4) is 0 Å². The Hall–Kier alpha value is -3.12. The lowest BCUT2D eigenvalue weighted by Crippen LogP contribution is -2.58. The number of hydrogen-bond acceptors (Lipinski definition) is 7. The molecule has 0 bridgehead atoms. The van der Waals surface area contributed by atoms with E-state index in [4.69, 9.17) is 11.5 Å². The highest BCUT2D eigenvalue weighted by molar-refractivity contribution is 7.80. The van der Waals surface area contributed by atoms with Gasteiger partial charge >= 0.3 is 5.97 Å². The zero-order valence-electron chi connectivity index (χ0n) is 19.2. The number of aliphatic carboxylic acids is 1. The minimum Gasteiger partial charge on any atom is -0.480 e. The molecule has 0 heterocycles. The summed E-state index contributed by atoms with van der Waals surface area (Å²) in [6.45, 7) is 3.64. The van der Waals surface area contributed by atoms with Gasteiger partial charge in [-0.2, -0.15) is 12.6 Å². The fraction of sp³-hybridized carbons (Fsp3) is 0.500. The molecule has 34 heavy (non-hydrogen) atoms. The second-order valence-corrected chi connectivity index (χ2v) is 8.67. The number of thiol groups is 1. The molecule has 0 saturated carbocycles. The van der Waals surface area contributed by atoms with Gasteiger partial charge in [0, 0.05) is 12.2 Å². The SMILES string of the molecule is CC(C)CC(NC(=O)C(CC(N)=O)NC(=O)C(N)CS)C(=O)NC(Cc1ccccc1)C(=O)O. The van der Waals surface area contributed by atoms with Crippen molar-refractivity contribution in [2.75, 3.05) is 5.75 Å². The van der Waals surface area contributed by atoms with E-state index in [2.05, 4.69) is 28.6 Å². The number of rotatable bonds is 14. The van der Waals surface area contributed by atoms with E-state index in [1.165, 1.54) is 0 Å². The summed E-state index contributed by atoms with van der Waals surface area (Å²) >= 11 is 3.92. The first-order chi connectivity index (χ1) is 15.9. The quantitative estimate of drug-likeness (QED) is 0.160. The van der Waals surface area contributed by atoms with E-state index in [0.29, 0.717) is 5.56 Å². The third-order valence-corrected chi connectivity index (χ3v) is 5.20. The van der Waals surface area contributed by atoms with E-state index in [1.807, 2.05) is 13.8 Å². The monoisotopic (exact) mass is 495 g/mol. The highest BCUT2D eigenvalue weighted by Gasteiger charge is 2.31. The third-order valence-electron chi connectivity index (χ3n) is 4.81. The summed E-state index contributed by atoms with van der Waals surface area (Å²) in [5, 5.41) is 16.9. The van der Waals surface area contributed by atoms with E-state index in [-0.39, 0.29) is 24.5 Å². The van der Waals surface area contributed by atoms with Crippen LogP contribution >= 0.6 is 12.6 Å². The number of carbonyl (C=O) groups is 5. The molecule has 0 fully saturated rings. The maximum atomic E-state index is 12.9. The summed E-state index contributed by atoms with van der Waals surface area (Å²) in [6, 6.07) is 4.05. The Morgan fingerprint density at radius 1 is 0.912 bits per heavy atom. The van der Waals surface area contributed by atoms with E-state index < -0.39 is 60.2 Å². The summed E-state index contributed by atoms with van der Waals surface area (Å²) < 4.78 is 0. The molecule has 1 rings (SSSR count). The highest BCUT2D eigenvalue weighted by atomic mass is 32.1. The van der Waals surface area contributed by atoms with Crippen molar-refractivity contribution in [2.24, 2.45) is 17.4 Å². The first kappa shape index (κ1) is 28.9. The number of carbonyl (C=O) groups excluding carboxylic acids is 4. The number of amides is 4. The van der Waals surface area contributed by atoms with Crippen molar-refractivity contribution in [1.82, 2.24) is 16.0 Å². The van der Waals surface area contributed by atoms with E-state index in [0.717, 1.165) is 0 Å². The maximum absolute atomic E-state index is 12.9. The zero-order chi connectivity index (χ0) is 25.8. The van der Waals surface area contributed by atoms with Crippen LogP contribution in [0.5, 0.6) is 0 Å². The Balaban J connectivity index is 3.00. The Labute approximate surface area is 203 Å². The molecule has 12 heteroatoms. The van der Waals surface area contributed by atoms with Crippen LogP contribution < -0.4 is 27.4 Å². The normalized spacial score (nSPS) is 14.4. The molecule has 8 N–H and O–H groups in total. The molecule has 0 aliphatic carbocycles. The first-order valence-corrected chi connectivity index (χ1v) is 11.4. The number of carboxylic acids is 1. The molecular weight excluding hydrogens is 462 g/mol. The van der Waals surface area contributed by atoms with Crippen LogP contribution in [0.1, 0.15) is 32.3 Å². The molecule has 1 aromatic rings. The van der Waals surface area contributed by atoms with Crippen molar-refractivity contribution < 1.29 is 29.1 Å². The van der Waals surface area contributed by atoms with Gasteiger partial charge in [-0.15, -0.1) is 0 Å². The number of carboxylic acid groups (broad SMARTS) is 1. The third kappa shape index (κ3) is 10.2. The highest BCUT2D eigenvalue weighted by Crippen LogP contribution is 2.09. The molecule has 1 aromatic carbocycles. The van der Waals surface area contributed by atoms with Gasteiger partial charge in [0.1, 0.15) is 18.1 Å². The molecule has 11 nitrogen and oxygen atoms in total. The molecule has 0 aromatic heterocycles. The van der Waals surface area contributed by atoms with Crippen LogP contribution in [0, 0.1) is 5.92 Å². The molecule has 4 unspecified atom stereocenters. The zero-order valence-corrected chi connectivity index (χ0v) is 20.1. The van der Waals surface area contributed by atoms with Crippen LogP contribution in [0.2, 0.25) is 0 Å². The second-order valence-electron chi connectivity index (χ2n) is 8.30. The smallest absolute Gasteiger partial charge is 0.326 e. The second kappa shape index (κ2) is 14.2. The van der Waals surface area contributed by atoms with Crippen molar-refractivity contribution in [3.63, 3.8) is 0 Å². The van der Waals surface area contributed by atoms with E-state index in [1.54, 1.807) is 30.3 Å². The van der Waals surface area contributed by atoms with Gasteiger partial charge < -0.3 is 32.5 Å². The largest absolute Gasteiger partial charge is 0.480 e. The molecule has 0 spiro atoms. The molecule has 0 aliphatic heterocycles. The number of hydrogen-bond donors (Lipinski definition) is 7. The standard InChI is InChI=1S/C22H33N5O6S/c1-12(2)8-15(20(30)27-17(22(32)33)9-13-6-4-3-5-7-13)26-21(31)16(10-18(24)28)25-19(29)14(23)11-34/h3-7,12,14-17,34H,8-11,23H2,1-2H3,(H2,24,28)(H,25,29)(H,26,31)(H,27,30)(H,32,33). The Bertz CT molecular complexity index is 867. The molecule has 0 saturated heterocycles. The van der Waals surface area contributed by atoms with E-state index >= 15 is 0 Å². The Morgan fingerprint density at radius 2 is 1.44 bits per heavy atom. The molecule has 4 atom stereocenters. The summed E-state index contributed by atoms with van der Waals surface area (Å²) in [6.07, 6.45) is -0.284. The average Bonchev–Trinajstić information content (AvgIpc) is 2.76. The van der Waals surface area contributed by atoms with Gasteiger partial charge in [0.05, 0.1) is 12.5 Å². The van der Waals surface area contributed by atoms with Crippen LogP contribution in [0.4, 0.5) is 0 Å². The van der Waals surface area contributed by atoms with Crippen LogP contribution in [0.15, 0.2) is 30.3 Å². The van der Waals surface area contributed by atoms with Gasteiger partial charge in [0.25, 0.3) is 0 Å². The van der Waals surface area contributed by atoms with Gasteiger partial charge in [-0.25, -0.2) is 4.79 Å². The summed E-state index contributed by atoms with van der Waals surface area (Å²) in [5.41, 5.74) is 11.5. The summed E-state index contributed by atoms with van der Waals surface area (Å²) in [5.74, 6) is -4.36. The van der Waals surface area contributed by atoms with Gasteiger partial charge in [0.15, 0.2) is 0 Å². The molecule has 0 aliphatic rings. The predicted molar refractivity (Wildman–Crippen MR) is 129 cm³/mol. The Kier molecular flexibility index (Phi) is 12.1. The van der Waals surface area contributed by atoms with E-state index in [9.17, 15) is 29.1 Å². The van der Waals surface area contributed by atoms with Crippen molar-refractivity contribution in [1.29, 1.82) is 0 Å². The number of nitrogens with two attached hydrogens (primary N) is 2. The minimum atomic E-state index is -1.36. The summed E-state index contributed by atoms with van der Waals surface area (Å²) in [4.78, 5) is 61.0. The first-order valence-electron chi connectivity index (χ1n) is 10.8. The fourth-order valence-electron chi connectivity index (χ4n) is 3.07. The lowest BCUT2D eigenvalue weighted by atomic mass is 10.0. The number of primary amides is 1. The van der Waals surface area contributed by atoms with Crippen LogP contribution in [-0.4, -0.2) is 64.6 Å². The van der Waals surface area contributed by atoms with Gasteiger partial charge in [-0.3, -0.25) is 19.2 Å². The van der Waals surface area contributed by atoms with Crippen molar-refractivity contribution >= 4 is 42.2 Å². The summed E-state index contributed by atoms with van der Waals surface area (Å²) in [7, 11) is 0. The Morgan fingerprint density at radius 3 is 1.94 bits per heavy atom. The van der Waals surface area contributed by atoms with Gasteiger partial charge in [-0.1, -0.05) is 44.2 Å².